The number of nitrogens with one attached hydrogen (secondary N) is 3. The Kier molecular flexibility index (Phi) is 7.38. The van der Waals surface area contributed by atoms with Crippen molar-refractivity contribution in [3.63, 3.8) is 0 Å². The first-order valence-corrected chi connectivity index (χ1v) is 11.9. The van der Waals surface area contributed by atoms with Crippen molar-refractivity contribution in [2.75, 3.05) is 25.0 Å². The Labute approximate surface area is 191 Å². The molecule has 2 heterocycles. The van der Waals surface area contributed by atoms with E-state index < -0.39 is 0 Å². The number of fused-ring (bicyclic) bond motifs is 1. The molecule has 5 nitrogen and oxygen atoms in total. The molecule has 5 heteroatoms. The minimum Gasteiger partial charge on any atom is -0.384 e. The summed E-state index contributed by atoms with van der Waals surface area (Å²) in [5.74, 6) is 0.759. The first kappa shape index (κ1) is 22.3. The van der Waals surface area contributed by atoms with Crippen LogP contribution >= 0.6 is 0 Å². The normalized spacial score (nSPS) is 16.3. The second-order valence-electron chi connectivity index (χ2n) is 9.06. The van der Waals surface area contributed by atoms with Gasteiger partial charge >= 0.3 is 0 Å². The summed E-state index contributed by atoms with van der Waals surface area (Å²) in [5.41, 5.74) is 4.69. The van der Waals surface area contributed by atoms with Crippen LogP contribution in [0.3, 0.4) is 0 Å². The Morgan fingerprint density at radius 1 is 1.16 bits per heavy atom. The van der Waals surface area contributed by atoms with Gasteiger partial charge in [-0.1, -0.05) is 30.3 Å². The third-order valence-corrected chi connectivity index (χ3v) is 6.08. The monoisotopic (exact) mass is 430 g/mol. The number of benzene rings is 2. The van der Waals surface area contributed by atoms with E-state index in [1.807, 2.05) is 44.2 Å². The van der Waals surface area contributed by atoms with E-state index in [2.05, 4.69) is 40.2 Å². The first-order chi connectivity index (χ1) is 15.6. The summed E-state index contributed by atoms with van der Waals surface area (Å²) in [6.07, 6.45) is 5.07. The van der Waals surface area contributed by atoms with Crippen LogP contribution in [0.2, 0.25) is 0 Å². The van der Waals surface area contributed by atoms with E-state index >= 15 is 0 Å². The molecule has 2 aromatic carbocycles. The van der Waals surface area contributed by atoms with Crippen LogP contribution < -0.4 is 16.0 Å². The highest BCUT2D eigenvalue weighted by atomic mass is 16.1. The van der Waals surface area contributed by atoms with Gasteiger partial charge in [-0.05, 0) is 82.8 Å². The lowest BCUT2D eigenvalue weighted by Gasteiger charge is -2.22. The molecule has 3 N–H and O–H groups in total. The number of pyridine rings is 1. The van der Waals surface area contributed by atoms with Gasteiger partial charge in [-0.25, -0.2) is 4.98 Å². The minimum atomic E-state index is -0.0476. The fourth-order valence-electron chi connectivity index (χ4n) is 4.39. The Hall–Kier alpha value is -2.92. The van der Waals surface area contributed by atoms with E-state index in [1.165, 1.54) is 25.8 Å². The van der Waals surface area contributed by atoms with Crippen LogP contribution in [0.1, 0.15) is 49.9 Å². The number of rotatable bonds is 8. The number of piperidine rings is 1. The summed E-state index contributed by atoms with van der Waals surface area (Å²) in [6, 6.07) is 18.2. The minimum absolute atomic E-state index is 0.0476. The fraction of sp³-hybridized carbons (Fsp3) is 0.407. The number of amides is 1. The smallest absolute Gasteiger partial charge is 0.251 e. The molecule has 1 unspecified atom stereocenters. The van der Waals surface area contributed by atoms with E-state index in [0.29, 0.717) is 5.56 Å². The van der Waals surface area contributed by atoms with E-state index in [1.54, 1.807) is 0 Å². The van der Waals surface area contributed by atoms with Crippen molar-refractivity contribution in [1.82, 2.24) is 15.6 Å². The van der Waals surface area contributed by atoms with Gasteiger partial charge in [-0.2, -0.15) is 0 Å². The van der Waals surface area contributed by atoms with Crippen molar-refractivity contribution >= 4 is 22.5 Å². The van der Waals surface area contributed by atoms with Gasteiger partial charge in [0.25, 0.3) is 5.91 Å². The molecule has 0 radical (unpaired) electrons. The van der Waals surface area contributed by atoms with Gasteiger partial charge in [0.15, 0.2) is 0 Å². The fourth-order valence-corrected chi connectivity index (χ4v) is 4.39. The van der Waals surface area contributed by atoms with Crippen molar-refractivity contribution in [3.05, 3.63) is 60.2 Å². The predicted octanol–water partition coefficient (Wildman–Crippen LogP) is 5.23. The lowest BCUT2D eigenvalue weighted by atomic mass is 9.95. The molecule has 4 rings (SSSR count). The zero-order valence-corrected chi connectivity index (χ0v) is 19.2. The third-order valence-electron chi connectivity index (χ3n) is 6.08. The van der Waals surface area contributed by atoms with Crippen molar-refractivity contribution < 1.29 is 4.79 Å². The van der Waals surface area contributed by atoms with Crippen LogP contribution in [-0.2, 0) is 0 Å². The topological polar surface area (TPSA) is 66.1 Å². The molecule has 0 bridgehead atoms. The van der Waals surface area contributed by atoms with Crippen LogP contribution in [0.4, 0.5) is 5.69 Å². The molecule has 1 saturated heterocycles. The van der Waals surface area contributed by atoms with Crippen LogP contribution in [-0.4, -0.2) is 36.6 Å². The second-order valence-corrected chi connectivity index (χ2v) is 9.06. The van der Waals surface area contributed by atoms with Gasteiger partial charge in [-0.3, -0.25) is 4.79 Å². The number of carbonyl (C=O) groups is 1. The SMILES string of the molecule is CC(C)NC(=O)c1ccc(-c2cc(NCCCC3CCCNC3)c3ccccc3n2)cc1. The van der Waals surface area contributed by atoms with E-state index in [-0.39, 0.29) is 11.9 Å². The molecular formula is C27H34N4O. The number of para-hydroxylation sites is 1. The van der Waals surface area contributed by atoms with Gasteiger partial charge < -0.3 is 16.0 Å². The van der Waals surface area contributed by atoms with Gasteiger partial charge in [-0.15, -0.1) is 0 Å². The molecular weight excluding hydrogens is 396 g/mol. The molecule has 1 aliphatic heterocycles. The average molecular weight is 431 g/mol. The highest BCUT2D eigenvalue weighted by Crippen LogP contribution is 2.29. The van der Waals surface area contributed by atoms with Gasteiger partial charge in [0.05, 0.1) is 11.2 Å². The third kappa shape index (κ3) is 5.65. The van der Waals surface area contributed by atoms with Gasteiger partial charge in [0.1, 0.15) is 0 Å². The molecule has 3 aromatic rings. The van der Waals surface area contributed by atoms with Crippen LogP contribution in [0.15, 0.2) is 54.6 Å². The zero-order valence-electron chi connectivity index (χ0n) is 19.2. The van der Waals surface area contributed by atoms with Crippen LogP contribution in [0, 0.1) is 5.92 Å². The highest BCUT2D eigenvalue weighted by Gasteiger charge is 2.13. The van der Waals surface area contributed by atoms with E-state index in [0.717, 1.165) is 53.3 Å². The van der Waals surface area contributed by atoms with Gasteiger partial charge in [0, 0.05) is 34.8 Å². The van der Waals surface area contributed by atoms with Crippen LogP contribution in [0.25, 0.3) is 22.2 Å². The van der Waals surface area contributed by atoms with Crippen molar-refractivity contribution in [1.29, 1.82) is 0 Å². The lowest BCUT2D eigenvalue weighted by molar-refractivity contribution is 0.0943. The maximum absolute atomic E-state index is 12.3. The number of hydrogen-bond donors (Lipinski definition) is 3. The van der Waals surface area contributed by atoms with Crippen LogP contribution in [0.5, 0.6) is 0 Å². The van der Waals surface area contributed by atoms with Gasteiger partial charge in [0.2, 0.25) is 0 Å². The average Bonchev–Trinajstić information content (AvgIpc) is 2.82. The number of hydrogen-bond acceptors (Lipinski definition) is 4. The zero-order chi connectivity index (χ0) is 22.3. The summed E-state index contributed by atoms with van der Waals surface area (Å²) in [7, 11) is 0. The molecule has 1 aromatic heterocycles. The van der Waals surface area contributed by atoms with E-state index in [9.17, 15) is 4.79 Å². The highest BCUT2D eigenvalue weighted by molar-refractivity contribution is 5.96. The lowest BCUT2D eigenvalue weighted by Crippen LogP contribution is -2.29. The molecule has 1 fully saturated rings. The Balaban J connectivity index is 1.49. The summed E-state index contributed by atoms with van der Waals surface area (Å²) < 4.78 is 0. The second kappa shape index (κ2) is 10.6. The Morgan fingerprint density at radius 2 is 1.97 bits per heavy atom. The summed E-state index contributed by atoms with van der Waals surface area (Å²) in [6.45, 7) is 7.22. The Morgan fingerprint density at radius 3 is 2.72 bits per heavy atom. The number of anilines is 1. The molecule has 0 aliphatic carbocycles. The molecule has 168 valence electrons. The van der Waals surface area contributed by atoms with E-state index in [4.69, 9.17) is 4.98 Å². The number of aromatic nitrogens is 1. The summed E-state index contributed by atoms with van der Waals surface area (Å²) in [5, 5.41) is 11.3. The number of nitrogens with zero attached hydrogens (tertiary/aromatic N) is 1. The quantitative estimate of drug-likeness (QED) is 0.428. The molecule has 0 spiro atoms. The van der Waals surface area contributed by atoms with Crippen molar-refractivity contribution in [2.45, 2.75) is 45.6 Å². The Bertz CT molecular complexity index is 1040. The standard InChI is InChI=1S/C27H34N4O/c1-19(2)30-27(32)22-13-11-21(12-14-22)25-17-26(23-9-3-4-10-24(23)31-25)29-16-6-8-20-7-5-15-28-18-20/h3-4,9-14,17,19-20,28H,5-8,15-16,18H2,1-2H3,(H,29,31)(H,30,32). The first-order valence-electron chi connectivity index (χ1n) is 11.9. The maximum atomic E-state index is 12.3. The summed E-state index contributed by atoms with van der Waals surface area (Å²) in [4.78, 5) is 17.1. The molecule has 1 atom stereocenters. The largest absolute Gasteiger partial charge is 0.384 e. The summed E-state index contributed by atoms with van der Waals surface area (Å²) >= 11 is 0. The molecule has 0 saturated carbocycles. The maximum Gasteiger partial charge on any atom is 0.251 e. The predicted molar refractivity (Wildman–Crippen MR) is 133 cm³/mol. The van der Waals surface area contributed by atoms with Crippen molar-refractivity contribution in [3.8, 4) is 11.3 Å². The molecule has 1 aliphatic rings. The number of carbonyl (C=O) groups excluding carboxylic acids is 1. The molecule has 1 amide bonds. The van der Waals surface area contributed by atoms with Crippen molar-refractivity contribution in [2.24, 2.45) is 5.92 Å². The molecule has 32 heavy (non-hydrogen) atoms.